The van der Waals surface area contributed by atoms with Gasteiger partial charge in [-0.15, -0.1) is 0 Å². The Hall–Kier alpha value is -1.65. The van der Waals surface area contributed by atoms with E-state index in [0.717, 1.165) is 0 Å². The maximum atomic E-state index is 11.8. The Bertz CT molecular complexity index is 384. The van der Waals surface area contributed by atoms with Crippen LogP contribution < -0.4 is 0 Å². The predicted octanol–water partition coefficient (Wildman–Crippen LogP) is 0.769. The van der Waals surface area contributed by atoms with E-state index in [1.54, 1.807) is 0 Å². The number of Topliss-reactive ketones (excluding diaryl/α,β-unsaturated/α-hetero) is 1. The van der Waals surface area contributed by atoms with Crippen LogP contribution >= 0.6 is 0 Å². The summed E-state index contributed by atoms with van der Waals surface area (Å²) < 4.78 is 10.5. The van der Waals surface area contributed by atoms with Crippen molar-refractivity contribution in [2.45, 2.75) is 38.4 Å². The molecule has 0 saturated heterocycles. The lowest BCUT2D eigenvalue weighted by Crippen LogP contribution is -2.42. The van der Waals surface area contributed by atoms with Crippen LogP contribution in [0.1, 0.15) is 26.2 Å². The van der Waals surface area contributed by atoms with Crippen LogP contribution in [0, 0.1) is 5.92 Å². The Balaban J connectivity index is 2.04. The maximum absolute atomic E-state index is 11.8. The highest BCUT2D eigenvalue weighted by molar-refractivity contribution is 6.13. The number of hydrogen-bond donors (Lipinski definition) is 0. The molecule has 2 aliphatic rings. The molecule has 1 aliphatic heterocycles. The first-order chi connectivity index (χ1) is 8.11. The molecule has 2 rings (SSSR count). The predicted molar refractivity (Wildman–Crippen MR) is 56.9 cm³/mol. The number of ether oxygens (including phenoxy) is 2. The van der Waals surface area contributed by atoms with Crippen molar-refractivity contribution in [3.05, 3.63) is 11.8 Å². The smallest absolute Gasteiger partial charge is 0.302 e. The van der Waals surface area contributed by atoms with Crippen molar-refractivity contribution in [3.8, 4) is 0 Å². The molecule has 5 nitrogen and oxygen atoms in total. The molecule has 1 saturated carbocycles. The van der Waals surface area contributed by atoms with Crippen LogP contribution in [0.4, 0.5) is 0 Å². The summed E-state index contributed by atoms with van der Waals surface area (Å²) in [5.74, 6) is -0.746. The van der Waals surface area contributed by atoms with Crippen molar-refractivity contribution in [3.63, 3.8) is 0 Å². The molecule has 3 unspecified atom stereocenters. The Labute approximate surface area is 98.8 Å². The number of fused-ring (bicyclic) bond motifs is 1. The van der Waals surface area contributed by atoms with E-state index in [1.807, 2.05) is 0 Å². The molecular formula is C12H14O5. The number of carbonyl (C=O) groups excluding carboxylic acids is 3. The Kier molecular flexibility index (Phi) is 3.26. The number of rotatable bonds is 2. The van der Waals surface area contributed by atoms with E-state index in [2.05, 4.69) is 0 Å². The quantitative estimate of drug-likeness (QED) is 0.403. The summed E-state index contributed by atoms with van der Waals surface area (Å²) in [4.78, 5) is 33.3. The molecule has 1 aliphatic carbocycles. The molecule has 0 aromatic heterocycles. The van der Waals surface area contributed by atoms with E-state index >= 15 is 0 Å². The lowest BCUT2D eigenvalue weighted by molar-refractivity contribution is -0.152. The van der Waals surface area contributed by atoms with Gasteiger partial charge in [-0.25, -0.2) is 0 Å². The summed E-state index contributed by atoms with van der Waals surface area (Å²) >= 11 is 0. The van der Waals surface area contributed by atoms with Crippen LogP contribution in [-0.4, -0.2) is 30.2 Å². The zero-order valence-corrected chi connectivity index (χ0v) is 9.55. The standard InChI is InChI=1S/C12H14O5/c1-7(14)17-9-2-3-10-11(4-9)16-6-8(5-13)12(10)15/h5-6,9-11H,2-4H2,1H3. The second-order valence-corrected chi connectivity index (χ2v) is 4.38. The molecule has 92 valence electrons. The highest BCUT2D eigenvalue weighted by atomic mass is 16.5. The molecule has 0 aromatic carbocycles. The van der Waals surface area contributed by atoms with E-state index in [0.29, 0.717) is 25.5 Å². The van der Waals surface area contributed by atoms with Crippen molar-refractivity contribution < 1.29 is 23.9 Å². The molecule has 17 heavy (non-hydrogen) atoms. The van der Waals surface area contributed by atoms with Gasteiger partial charge in [0.05, 0.1) is 17.8 Å². The van der Waals surface area contributed by atoms with Gasteiger partial charge in [-0.1, -0.05) is 0 Å². The first-order valence-corrected chi connectivity index (χ1v) is 5.64. The average molecular weight is 238 g/mol. The second kappa shape index (κ2) is 4.69. The summed E-state index contributed by atoms with van der Waals surface area (Å²) in [5, 5.41) is 0. The van der Waals surface area contributed by atoms with Crippen LogP contribution in [0.2, 0.25) is 0 Å². The molecule has 1 fully saturated rings. The van der Waals surface area contributed by atoms with Crippen LogP contribution in [0.15, 0.2) is 11.8 Å². The van der Waals surface area contributed by atoms with Crippen LogP contribution in [-0.2, 0) is 23.9 Å². The highest BCUT2D eigenvalue weighted by Crippen LogP contribution is 2.33. The largest absolute Gasteiger partial charge is 0.496 e. The van der Waals surface area contributed by atoms with Gasteiger partial charge in [0.1, 0.15) is 12.2 Å². The molecule has 5 heteroatoms. The third kappa shape index (κ3) is 2.38. The van der Waals surface area contributed by atoms with Crippen molar-refractivity contribution in [2.75, 3.05) is 0 Å². The number of allylic oxidation sites excluding steroid dienone is 1. The molecule has 1 heterocycles. The fraction of sp³-hybridized carbons (Fsp3) is 0.583. The van der Waals surface area contributed by atoms with Crippen LogP contribution in [0.5, 0.6) is 0 Å². The lowest BCUT2D eigenvalue weighted by Gasteiger charge is -2.36. The fourth-order valence-corrected chi connectivity index (χ4v) is 2.40. The Morgan fingerprint density at radius 1 is 1.53 bits per heavy atom. The summed E-state index contributed by atoms with van der Waals surface area (Å²) in [6.07, 6.45) is 3.02. The highest BCUT2D eigenvalue weighted by Gasteiger charge is 2.40. The number of carbonyl (C=O) groups is 3. The van der Waals surface area contributed by atoms with Crippen molar-refractivity contribution in [1.82, 2.24) is 0 Å². The van der Waals surface area contributed by atoms with Gasteiger partial charge in [-0.3, -0.25) is 14.4 Å². The first-order valence-electron chi connectivity index (χ1n) is 5.64. The summed E-state index contributed by atoms with van der Waals surface area (Å²) in [5.41, 5.74) is 0.0946. The number of hydrogen-bond acceptors (Lipinski definition) is 5. The van der Waals surface area contributed by atoms with Gasteiger partial charge in [-0.2, -0.15) is 0 Å². The van der Waals surface area contributed by atoms with E-state index < -0.39 is 0 Å². The lowest BCUT2D eigenvalue weighted by atomic mass is 9.79. The van der Waals surface area contributed by atoms with E-state index in [9.17, 15) is 14.4 Å². The molecule has 0 spiro atoms. The van der Waals surface area contributed by atoms with Gasteiger partial charge in [0.15, 0.2) is 12.1 Å². The molecule has 3 atom stereocenters. The topological polar surface area (TPSA) is 69.7 Å². The molecule has 0 aromatic rings. The van der Waals surface area contributed by atoms with E-state index in [1.165, 1.54) is 13.2 Å². The van der Waals surface area contributed by atoms with Crippen LogP contribution in [0.25, 0.3) is 0 Å². The average Bonchev–Trinajstić information content (AvgIpc) is 2.28. The Morgan fingerprint density at radius 2 is 2.29 bits per heavy atom. The van der Waals surface area contributed by atoms with Gasteiger partial charge >= 0.3 is 5.97 Å². The SMILES string of the molecule is CC(=O)OC1CCC2C(=O)C(C=O)=COC2C1. The zero-order chi connectivity index (χ0) is 12.4. The summed E-state index contributed by atoms with van der Waals surface area (Å²) in [6, 6.07) is 0. The molecule has 0 N–H and O–H groups in total. The summed E-state index contributed by atoms with van der Waals surface area (Å²) in [7, 11) is 0. The third-order valence-corrected chi connectivity index (χ3v) is 3.19. The van der Waals surface area contributed by atoms with Crippen molar-refractivity contribution in [2.24, 2.45) is 5.92 Å². The van der Waals surface area contributed by atoms with E-state index in [-0.39, 0.29) is 35.5 Å². The zero-order valence-electron chi connectivity index (χ0n) is 9.55. The minimum absolute atomic E-state index is 0.0946. The van der Waals surface area contributed by atoms with Gasteiger partial charge in [-0.05, 0) is 12.8 Å². The number of ketones is 1. The molecular weight excluding hydrogens is 224 g/mol. The maximum Gasteiger partial charge on any atom is 0.302 e. The second-order valence-electron chi connectivity index (χ2n) is 4.38. The summed E-state index contributed by atoms with van der Waals surface area (Å²) in [6.45, 7) is 1.36. The van der Waals surface area contributed by atoms with Crippen molar-refractivity contribution in [1.29, 1.82) is 0 Å². The normalized spacial score (nSPS) is 31.9. The van der Waals surface area contributed by atoms with E-state index in [4.69, 9.17) is 9.47 Å². The van der Waals surface area contributed by atoms with Gasteiger partial charge < -0.3 is 9.47 Å². The minimum Gasteiger partial charge on any atom is -0.496 e. The first kappa shape index (κ1) is 11.8. The monoisotopic (exact) mass is 238 g/mol. The van der Waals surface area contributed by atoms with Crippen molar-refractivity contribution >= 4 is 18.0 Å². The molecule has 0 amide bonds. The van der Waals surface area contributed by atoms with Gasteiger partial charge in [0, 0.05) is 13.3 Å². The third-order valence-electron chi connectivity index (χ3n) is 3.19. The van der Waals surface area contributed by atoms with Gasteiger partial charge in [0.2, 0.25) is 0 Å². The fourth-order valence-electron chi connectivity index (χ4n) is 2.40. The molecule has 0 radical (unpaired) electrons. The Morgan fingerprint density at radius 3 is 2.94 bits per heavy atom. The van der Waals surface area contributed by atoms with Crippen LogP contribution in [0.3, 0.4) is 0 Å². The number of aldehydes is 1. The van der Waals surface area contributed by atoms with Gasteiger partial charge in [0.25, 0.3) is 0 Å². The minimum atomic E-state index is -0.320. The molecule has 0 bridgehead atoms. The number of esters is 1.